The highest BCUT2D eigenvalue weighted by Gasteiger charge is 2.16. The van der Waals surface area contributed by atoms with Gasteiger partial charge in [0.05, 0.1) is 0 Å². The van der Waals surface area contributed by atoms with Gasteiger partial charge in [0.2, 0.25) is 0 Å². The second-order valence-corrected chi connectivity index (χ2v) is 6.96. The highest BCUT2D eigenvalue weighted by molar-refractivity contribution is 5.38. The van der Waals surface area contributed by atoms with E-state index in [1.54, 1.807) is 11.1 Å². The van der Waals surface area contributed by atoms with E-state index in [2.05, 4.69) is 37.2 Å². The van der Waals surface area contributed by atoms with Gasteiger partial charge in [-0.25, -0.2) is 0 Å². The SMILES string of the molecule is CCCCCc1c(CC)ncc2c1CCCc1cccnc1CC2. The normalized spacial score (nSPS) is 14.2. The predicted molar refractivity (Wildman–Crippen MR) is 101 cm³/mol. The van der Waals surface area contributed by atoms with Crippen molar-refractivity contribution in [3.8, 4) is 0 Å². The summed E-state index contributed by atoms with van der Waals surface area (Å²) < 4.78 is 0. The number of hydrogen-bond acceptors (Lipinski definition) is 2. The minimum atomic E-state index is 1.05. The fourth-order valence-electron chi connectivity index (χ4n) is 3.99. The van der Waals surface area contributed by atoms with Crippen molar-refractivity contribution in [3.05, 3.63) is 58.2 Å². The molecule has 0 N–H and O–H groups in total. The number of unbranched alkanes of at least 4 members (excludes halogenated alkanes) is 2. The second-order valence-electron chi connectivity index (χ2n) is 6.96. The summed E-state index contributed by atoms with van der Waals surface area (Å²) >= 11 is 0. The first-order chi connectivity index (χ1) is 11.8. The van der Waals surface area contributed by atoms with Gasteiger partial charge in [-0.3, -0.25) is 9.97 Å². The third-order valence-electron chi connectivity index (χ3n) is 5.33. The van der Waals surface area contributed by atoms with Gasteiger partial charge < -0.3 is 0 Å². The fourth-order valence-corrected chi connectivity index (χ4v) is 3.99. The number of hydrogen-bond donors (Lipinski definition) is 0. The molecule has 0 saturated heterocycles. The maximum absolute atomic E-state index is 4.83. The summed E-state index contributed by atoms with van der Waals surface area (Å²) in [5.74, 6) is 0. The largest absolute Gasteiger partial charge is 0.261 e. The van der Waals surface area contributed by atoms with Gasteiger partial charge in [-0.2, -0.15) is 0 Å². The summed E-state index contributed by atoms with van der Waals surface area (Å²) in [7, 11) is 0. The highest BCUT2D eigenvalue weighted by Crippen LogP contribution is 2.26. The molecule has 1 aliphatic rings. The molecule has 2 heterocycles. The lowest BCUT2D eigenvalue weighted by Gasteiger charge is -2.17. The Morgan fingerprint density at radius 3 is 2.71 bits per heavy atom. The second kappa shape index (κ2) is 8.41. The molecular weight excluding hydrogens is 292 g/mol. The molecule has 0 aromatic carbocycles. The number of aromatic nitrogens is 2. The molecule has 0 unspecified atom stereocenters. The first kappa shape index (κ1) is 17.1. The fraction of sp³-hybridized carbons (Fsp3) is 0.545. The molecule has 2 nitrogen and oxygen atoms in total. The zero-order valence-corrected chi connectivity index (χ0v) is 15.3. The van der Waals surface area contributed by atoms with Crippen LogP contribution in [0.3, 0.4) is 0 Å². The molecule has 0 spiro atoms. The van der Waals surface area contributed by atoms with Crippen molar-refractivity contribution in [1.29, 1.82) is 0 Å². The van der Waals surface area contributed by atoms with Gasteiger partial charge in [0, 0.05) is 23.8 Å². The maximum atomic E-state index is 4.83. The Morgan fingerprint density at radius 1 is 0.958 bits per heavy atom. The molecule has 128 valence electrons. The van der Waals surface area contributed by atoms with E-state index in [-0.39, 0.29) is 0 Å². The minimum Gasteiger partial charge on any atom is -0.261 e. The molecule has 3 rings (SSSR count). The van der Waals surface area contributed by atoms with E-state index in [9.17, 15) is 0 Å². The van der Waals surface area contributed by atoms with Gasteiger partial charge in [0.25, 0.3) is 0 Å². The molecule has 0 atom stereocenters. The van der Waals surface area contributed by atoms with E-state index in [0.717, 1.165) is 25.7 Å². The molecule has 2 aromatic heterocycles. The van der Waals surface area contributed by atoms with Crippen LogP contribution in [0.4, 0.5) is 0 Å². The van der Waals surface area contributed by atoms with Crippen LogP contribution in [0, 0.1) is 0 Å². The molecule has 2 heteroatoms. The van der Waals surface area contributed by atoms with Crippen LogP contribution in [0.25, 0.3) is 0 Å². The molecule has 0 bridgehead atoms. The van der Waals surface area contributed by atoms with E-state index < -0.39 is 0 Å². The zero-order chi connectivity index (χ0) is 16.8. The third-order valence-corrected chi connectivity index (χ3v) is 5.33. The zero-order valence-electron chi connectivity index (χ0n) is 15.3. The van der Waals surface area contributed by atoms with Crippen molar-refractivity contribution in [2.75, 3.05) is 0 Å². The van der Waals surface area contributed by atoms with Gasteiger partial charge in [-0.05, 0) is 79.7 Å². The number of fused-ring (bicyclic) bond motifs is 2. The molecule has 0 saturated carbocycles. The van der Waals surface area contributed by atoms with Gasteiger partial charge in [0.1, 0.15) is 0 Å². The van der Waals surface area contributed by atoms with Gasteiger partial charge in [-0.1, -0.05) is 32.8 Å². The lowest BCUT2D eigenvalue weighted by atomic mass is 9.91. The van der Waals surface area contributed by atoms with Crippen molar-refractivity contribution in [2.24, 2.45) is 0 Å². The van der Waals surface area contributed by atoms with Crippen LogP contribution in [-0.4, -0.2) is 9.97 Å². The Balaban J connectivity index is 1.91. The first-order valence-corrected chi connectivity index (χ1v) is 9.74. The predicted octanol–water partition coefficient (Wildman–Crippen LogP) is 5.05. The van der Waals surface area contributed by atoms with Crippen LogP contribution in [0.2, 0.25) is 0 Å². The van der Waals surface area contributed by atoms with E-state index in [4.69, 9.17) is 4.98 Å². The molecular formula is C22H30N2. The average Bonchev–Trinajstić information content (AvgIpc) is 2.70. The third kappa shape index (κ3) is 3.85. The summed E-state index contributed by atoms with van der Waals surface area (Å²) in [6.45, 7) is 4.52. The number of nitrogens with zero attached hydrogens (tertiary/aromatic N) is 2. The minimum absolute atomic E-state index is 1.05. The monoisotopic (exact) mass is 322 g/mol. The molecule has 0 aliphatic heterocycles. The summed E-state index contributed by atoms with van der Waals surface area (Å²) in [6, 6.07) is 4.34. The standard InChI is InChI=1S/C22H30N2/c1-3-5-6-11-20-19-12-7-9-17-10-8-15-23-22(17)14-13-18(19)16-24-21(20)4-2/h8,10,15-16H,3-7,9,11-14H2,1-2H3. The Kier molecular flexibility index (Phi) is 6.01. The lowest BCUT2D eigenvalue weighted by Crippen LogP contribution is -2.08. The van der Waals surface area contributed by atoms with Crippen molar-refractivity contribution >= 4 is 0 Å². The molecule has 24 heavy (non-hydrogen) atoms. The quantitative estimate of drug-likeness (QED) is 0.720. The van der Waals surface area contributed by atoms with Crippen LogP contribution >= 0.6 is 0 Å². The van der Waals surface area contributed by atoms with Crippen molar-refractivity contribution in [3.63, 3.8) is 0 Å². The van der Waals surface area contributed by atoms with Crippen LogP contribution in [0.15, 0.2) is 24.5 Å². The van der Waals surface area contributed by atoms with E-state index in [1.807, 2.05) is 6.20 Å². The Labute approximate surface area is 146 Å². The molecule has 0 amide bonds. The molecule has 0 fully saturated rings. The number of rotatable bonds is 5. The van der Waals surface area contributed by atoms with E-state index in [1.165, 1.54) is 61.0 Å². The summed E-state index contributed by atoms with van der Waals surface area (Å²) in [4.78, 5) is 9.46. The maximum Gasteiger partial charge on any atom is 0.0438 e. The Bertz CT molecular complexity index is 676. The van der Waals surface area contributed by atoms with Crippen LogP contribution < -0.4 is 0 Å². The lowest BCUT2D eigenvalue weighted by molar-refractivity contribution is 0.697. The van der Waals surface area contributed by atoms with Crippen molar-refractivity contribution < 1.29 is 0 Å². The molecule has 1 aliphatic carbocycles. The van der Waals surface area contributed by atoms with Crippen LogP contribution in [0.5, 0.6) is 0 Å². The molecule has 2 aromatic rings. The van der Waals surface area contributed by atoms with Crippen molar-refractivity contribution in [2.45, 2.75) is 78.1 Å². The average molecular weight is 322 g/mol. The summed E-state index contributed by atoms with van der Waals surface area (Å²) in [5, 5.41) is 0. The highest BCUT2D eigenvalue weighted by atomic mass is 14.7. The van der Waals surface area contributed by atoms with Crippen LogP contribution in [-0.2, 0) is 38.5 Å². The van der Waals surface area contributed by atoms with E-state index in [0.29, 0.717) is 0 Å². The number of pyridine rings is 2. The summed E-state index contributed by atoms with van der Waals surface area (Å²) in [5.41, 5.74) is 8.73. The van der Waals surface area contributed by atoms with Gasteiger partial charge in [-0.15, -0.1) is 0 Å². The molecule has 0 radical (unpaired) electrons. The number of aryl methyl sites for hydroxylation is 4. The Morgan fingerprint density at radius 2 is 1.88 bits per heavy atom. The van der Waals surface area contributed by atoms with Crippen LogP contribution in [0.1, 0.15) is 73.2 Å². The van der Waals surface area contributed by atoms with Gasteiger partial charge in [0.15, 0.2) is 0 Å². The van der Waals surface area contributed by atoms with Crippen molar-refractivity contribution in [1.82, 2.24) is 9.97 Å². The summed E-state index contributed by atoms with van der Waals surface area (Å²) in [6.07, 6.45) is 16.0. The van der Waals surface area contributed by atoms with E-state index >= 15 is 0 Å². The smallest absolute Gasteiger partial charge is 0.0438 e. The topological polar surface area (TPSA) is 25.8 Å². The first-order valence-electron chi connectivity index (χ1n) is 9.74. The Hall–Kier alpha value is -1.70. The van der Waals surface area contributed by atoms with Gasteiger partial charge >= 0.3 is 0 Å².